The van der Waals surface area contributed by atoms with E-state index in [-0.39, 0.29) is 29.9 Å². The summed E-state index contributed by atoms with van der Waals surface area (Å²) < 4.78 is 18.0. The van der Waals surface area contributed by atoms with Gasteiger partial charge in [-0.3, -0.25) is 4.79 Å². The number of halogens is 3. The van der Waals surface area contributed by atoms with E-state index < -0.39 is 5.82 Å². The Balaban J connectivity index is 0.00000361. The highest BCUT2D eigenvalue weighted by Crippen LogP contribution is 2.24. The summed E-state index contributed by atoms with van der Waals surface area (Å²) in [6.45, 7) is 4.12. The van der Waals surface area contributed by atoms with Crippen LogP contribution in [0.1, 0.15) is 13.3 Å². The van der Waals surface area contributed by atoms with Gasteiger partial charge in [0.2, 0.25) is 0 Å². The molecule has 4 nitrogen and oxygen atoms in total. The molecular formula is C13H19Cl2FN2O2. The number of carbonyl (C=O) groups is 1. The van der Waals surface area contributed by atoms with Crippen molar-refractivity contribution in [3.63, 3.8) is 0 Å². The average Bonchev–Trinajstić information content (AvgIpc) is 2.37. The van der Waals surface area contributed by atoms with Crippen molar-refractivity contribution in [3.05, 3.63) is 29.0 Å². The van der Waals surface area contributed by atoms with Crippen molar-refractivity contribution in [2.24, 2.45) is 0 Å². The number of nitrogens with one attached hydrogen (secondary N) is 2. The topological polar surface area (TPSA) is 50.4 Å². The van der Waals surface area contributed by atoms with E-state index in [1.54, 1.807) is 0 Å². The third-order valence-corrected chi connectivity index (χ3v) is 2.60. The minimum atomic E-state index is -0.441. The van der Waals surface area contributed by atoms with E-state index in [0.29, 0.717) is 12.3 Å². The van der Waals surface area contributed by atoms with Crippen molar-refractivity contribution in [1.82, 2.24) is 10.6 Å². The lowest BCUT2D eigenvalue weighted by molar-refractivity contribution is -0.123. The van der Waals surface area contributed by atoms with Crippen LogP contribution in [-0.2, 0) is 4.79 Å². The highest BCUT2D eigenvalue weighted by molar-refractivity contribution is 6.32. The number of rotatable bonds is 8. The highest BCUT2D eigenvalue weighted by atomic mass is 35.5. The van der Waals surface area contributed by atoms with E-state index in [9.17, 15) is 9.18 Å². The third-order valence-electron chi connectivity index (χ3n) is 2.30. The van der Waals surface area contributed by atoms with Gasteiger partial charge in [0.15, 0.2) is 6.61 Å². The van der Waals surface area contributed by atoms with Gasteiger partial charge in [-0.2, -0.15) is 0 Å². The van der Waals surface area contributed by atoms with Gasteiger partial charge in [0.05, 0.1) is 5.02 Å². The Bertz CT molecular complexity index is 419. The van der Waals surface area contributed by atoms with Gasteiger partial charge in [-0.15, -0.1) is 12.4 Å². The molecular weight excluding hydrogens is 306 g/mol. The quantitative estimate of drug-likeness (QED) is 0.722. The first-order chi connectivity index (χ1) is 9.13. The Hall–Kier alpha value is -1.04. The fraction of sp³-hybridized carbons (Fsp3) is 0.462. The Morgan fingerprint density at radius 2 is 2.10 bits per heavy atom. The van der Waals surface area contributed by atoms with Gasteiger partial charge in [-0.25, -0.2) is 4.39 Å². The van der Waals surface area contributed by atoms with Crippen molar-refractivity contribution >= 4 is 29.9 Å². The molecule has 0 spiro atoms. The molecule has 0 saturated carbocycles. The number of hydrogen-bond donors (Lipinski definition) is 2. The Kier molecular flexibility index (Phi) is 10.2. The molecule has 0 aliphatic heterocycles. The lowest BCUT2D eigenvalue weighted by Crippen LogP contribution is -2.35. The van der Waals surface area contributed by atoms with Crippen molar-refractivity contribution in [3.8, 4) is 5.75 Å². The Morgan fingerprint density at radius 1 is 1.35 bits per heavy atom. The Labute approximate surface area is 129 Å². The van der Waals surface area contributed by atoms with E-state index in [2.05, 4.69) is 17.6 Å². The minimum Gasteiger partial charge on any atom is -0.482 e. The molecule has 1 amide bonds. The zero-order valence-corrected chi connectivity index (χ0v) is 12.8. The van der Waals surface area contributed by atoms with Crippen molar-refractivity contribution in [2.75, 3.05) is 26.2 Å². The summed E-state index contributed by atoms with van der Waals surface area (Å²) >= 11 is 5.77. The van der Waals surface area contributed by atoms with E-state index in [4.69, 9.17) is 16.3 Å². The van der Waals surface area contributed by atoms with Gasteiger partial charge in [0, 0.05) is 13.1 Å². The van der Waals surface area contributed by atoms with Crippen molar-refractivity contribution < 1.29 is 13.9 Å². The smallest absolute Gasteiger partial charge is 0.257 e. The van der Waals surface area contributed by atoms with Crippen LogP contribution in [0.25, 0.3) is 0 Å². The van der Waals surface area contributed by atoms with Crippen LogP contribution in [-0.4, -0.2) is 32.1 Å². The number of amides is 1. The average molecular weight is 325 g/mol. The lowest BCUT2D eigenvalue weighted by atomic mass is 10.3. The maximum atomic E-state index is 12.8. The van der Waals surface area contributed by atoms with Crippen LogP contribution >= 0.6 is 24.0 Å². The molecule has 0 radical (unpaired) electrons. The molecule has 1 aromatic carbocycles. The summed E-state index contributed by atoms with van der Waals surface area (Å²) in [4.78, 5) is 11.4. The molecule has 2 N–H and O–H groups in total. The van der Waals surface area contributed by atoms with Crippen LogP contribution in [0.2, 0.25) is 5.02 Å². The molecule has 0 aliphatic carbocycles. The van der Waals surface area contributed by atoms with Gasteiger partial charge in [0.25, 0.3) is 5.91 Å². The first kappa shape index (κ1) is 19.0. The first-order valence-corrected chi connectivity index (χ1v) is 6.56. The van der Waals surface area contributed by atoms with Crippen LogP contribution < -0.4 is 15.4 Å². The number of benzene rings is 1. The SMILES string of the molecule is CCCNCCNC(=O)COc1ccc(F)cc1Cl.Cl. The predicted molar refractivity (Wildman–Crippen MR) is 80.3 cm³/mol. The molecule has 20 heavy (non-hydrogen) atoms. The fourth-order valence-corrected chi connectivity index (χ4v) is 1.60. The van der Waals surface area contributed by atoms with E-state index in [1.807, 2.05) is 0 Å². The normalized spacial score (nSPS) is 9.75. The summed E-state index contributed by atoms with van der Waals surface area (Å²) in [6, 6.07) is 3.77. The number of ether oxygens (including phenoxy) is 1. The number of hydrogen-bond acceptors (Lipinski definition) is 3. The van der Waals surface area contributed by atoms with E-state index >= 15 is 0 Å². The minimum absolute atomic E-state index is 0. The maximum absolute atomic E-state index is 12.8. The van der Waals surface area contributed by atoms with Crippen molar-refractivity contribution in [1.29, 1.82) is 0 Å². The second-order valence-corrected chi connectivity index (χ2v) is 4.37. The van der Waals surface area contributed by atoms with Crippen LogP contribution in [0.4, 0.5) is 4.39 Å². The van der Waals surface area contributed by atoms with Gasteiger partial charge in [-0.05, 0) is 31.2 Å². The van der Waals surface area contributed by atoms with E-state index in [1.165, 1.54) is 12.1 Å². The standard InChI is InChI=1S/C13H18ClFN2O2.ClH/c1-2-5-16-6-7-17-13(18)9-19-12-4-3-10(15)8-11(12)14;/h3-4,8,16H,2,5-7,9H2,1H3,(H,17,18);1H. The molecule has 0 aliphatic rings. The molecule has 0 atom stereocenters. The van der Waals surface area contributed by atoms with Crippen molar-refractivity contribution in [2.45, 2.75) is 13.3 Å². The van der Waals surface area contributed by atoms with Crippen LogP contribution in [0.5, 0.6) is 5.75 Å². The molecule has 0 fully saturated rings. The second-order valence-electron chi connectivity index (χ2n) is 3.96. The highest BCUT2D eigenvalue weighted by Gasteiger charge is 2.06. The molecule has 1 aromatic rings. The summed E-state index contributed by atoms with van der Waals surface area (Å²) in [5.74, 6) is -0.384. The molecule has 1 rings (SSSR count). The Morgan fingerprint density at radius 3 is 2.75 bits per heavy atom. The molecule has 0 aromatic heterocycles. The van der Waals surface area contributed by atoms with E-state index in [0.717, 1.165) is 25.6 Å². The summed E-state index contributed by atoms with van der Waals surface area (Å²) in [5.41, 5.74) is 0. The van der Waals surface area contributed by atoms with Gasteiger partial charge in [-0.1, -0.05) is 18.5 Å². The van der Waals surface area contributed by atoms with Crippen LogP contribution in [0.3, 0.4) is 0 Å². The molecule has 7 heteroatoms. The van der Waals surface area contributed by atoms with Crippen LogP contribution in [0.15, 0.2) is 18.2 Å². The molecule has 0 heterocycles. The van der Waals surface area contributed by atoms with Gasteiger partial charge >= 0.3 is 0 Å². The number of carbonyl (C=O) groups excluding carboxylic acids is 1. The largest absolute Gasteiger partial charge is 0.482 e. The lowest BCUT2D eigenvalue weighted by Gasteiger charge is -2.09. The zero-order chi connectivity index (χ0) is 14.1. The summed E-state index contributed by atoms with van der Waals surface area (Å²) in [5, 5.41) is 6.01. The third kappa shape index (κ3) is 7.53. The van der Waals surface area contributed by atoms with Gasteiger partial charge < -0.3 is 15.4 Å². The maximum Gasteiger partial charge on any atom is 0.257 e. The molecule has 0 unspecified atom stereocenters. The molecule has 114 valence electrons. The predicted octanol–water partition coefficient (Wildman–Crippen LogP) is 2.40. The first-order valence-electron chi connectivity index (χ1n) is 6.18. The summed E-state index contributed by atoms with van der Waals surface area (Å²) in [7, 11) is 0. The monoisotopic (exact) mass is 324 g/mol. The summed E-state index contributed by atoms with van der Waals surface area (Å²) in [6.07, 6.45) is 1.06. The molecule has 0 bridgehead atoms. The second kappa shape index (κ2) is 10.7. The van der Waals surface area contributed by atoms with Crippen LogP contribution in [0, 0.1) is 5.82 Å². The zero-order valence-electron chi connectivity index (χ0n) is 11.2. The van der Waals surface area contributed by atoms with Gasteiger partial charge in [0.1, 0.15) is 11.6 Å². The molecule has 0 saturated heterocycles. The fourth-order valence-electron chi connectivity index (χ4n) is 1.38.